The molecule has 0 aliphatic rings. The second-order valence-electron chi connectivity index (χ2n) is 2.66. The van der Waals surface area contributed by atoms with Gasteiger partial charge in [-0.05, 0) is 13.0 Å². The molecule has 4 nitrogen and oxygen atoms in total. The lowest BCUT2D eigenvalue weighted by Gasteiger charge is -1.98. The van der Waals surface area contributed by atoms with Gasteiger partial charge in [0.15, 0.2) is 5.65 Å². The Bertz CT molecular complexity index is 404. The van der Waals surface area contributed by atoms with Crippen LogP contribution in [0.2, 0.25) is 0 Å². The van der Waals surface area contributed by atoms with Crippen molar-refractivity contribution in [3.05, 3.63) is 24.0 Å². The second kappa shape index (κ2) is 2.48. The Balaban J connectivity index is 2.71. The SMILES string of the molecule is CNc1ccn2ncc(C)c2n1. The quantitative estimate of drug-likeness (QED) is 0.682. The van der Waals surface area contributed by atoms with Crippen LogP contribution in [0.15, 0.2) is 18.5 Å². The molecule has 0 amide bonds. The van der Waals surface area contributed by atoms with Gasteiger partial charge in [0.2, 0.25) is 0 Å². The van der Waals surface area contributed by atoms with E-state index in [1.54, 1.807) is 4.52 Å². The molecular formula is C8H10N4. The zero-order chi connectivity index (χ0) is 8.55. The average molecular weight is 162 g/mol. The third-order valence-corrected chi connectivity index (χ3v) is 1.80. The molecule has 0 fully saturated rings. The summed E-state index contributed by atoms with van der Waals surface area (Å²) in [5.41, 5.74) is 1.99. The summed E-state index contributed by atoms with van der Waals surface area (Å²) in [7, 11) is 1.85. The maximum atomic E-state index is 4.34. The van der Waals surface area contributed by atoms with E-state index in [2.05, 4.69) is 15.4 Å². The van der Waals surface area contributed by atoms with E-state index in [-0.39, 0.29) is 0 Å². The maximum absolute atomic E-state index is 4.34. The monoisotopic (exact) mass is 162 g/mol. The van der Waals surface area contributed by atoms with E-state index in [9.17, 15) is 0 Å². The molecule has 0 bridgehead atoms. The lowest BCUT2D eigenvalue weighted by Crippen LogP contribution is -1.96. The summed E-state index contributed by atoms with van der Waals surface area (Å²) in [6.07, 6.45) is 3.70. The van der Waals surface area contributed by atoms with Crippen LogP contribution >= 0.6 is 0 Å². The molecule has 0 radical (unpaired) electrons. The van der Waals surface area contributed by atoms with Gasteiger partial charge >= 0.3 is 0 Å². The highest BCUT2D eigenvalue weighted by Gasteiger charge is 2.00. The molecule has 0 saturated carbocycles. The number of nitrogens with zero attached hydrogens (tertiary/aromatic N) is 3. The van der Waals surface area contributed by atoms with Gasteiger partial charge in [-0.2, -0.15) is 5.10 Å². The van der Waals surface area contributed by atoms with E-state index in [0.29, 0.717) is 0 Å². The minimum absolute atomic E-state index is 0.867. The summed E-state index contributed by atoms with van der Waals surface area (Å²) in [5.74, 6) is 0.867. The average Bonchev–Trinajstić information content (AvgIpc) is 2.47. The van der Waals surface area contributed by atoms with E-state index in [4.69, 9.17) is 0 Å². The molecule has 2 aromatic rings. The smallest absolute Gasteiger partial charge is 0.160 e. The molecule has 62 valence electrons. The largest absolute Gasteiger partial charge is 0.373 e. The van der Waals surface area contributed by atoms with Crippen molar-refractivity contribution in [2.75, 3.05) is 12.4 Å². The van der Waals surface area contributed by atoms with Crippen LogP contribution in [-0.2, 0) is 0 Å². The Hall–Kier alpha value is -1.58. The highest BCUT2D eigenvalue weighted by molar-refractivity contribution is 5.50. The highest BCUT2D eigenvalue weighted by Crippen LogP contribution is 2.08. The van der Waals surface area contributed by atoms with E-state index in [0.717, 1.165) is 17.0 Å². The Morgan fingerprint density at radius 1 is 1.50 bits per heavy atom. The molecule has 0 aliphatic heterocycles. The van der Waals surface area contributed by atoms with Crippen molar-refractivity contribution in [3.8, 4) is 0 Å². The fourth-order valence-electron chi connectivity index (χ4n) is 1.12. The van der Waals surface area contributed by atoms with Gasteiger partial charge in [-0.25, -0.2) is 9.50 Å². The maximum Gasteiger partial charge on any atom is 0.160 e. The van der Waals surface area contributed by atoms with Crippen LogP contribution < -0.4 is 5.32 Å². The Morgan fingerprint density at radius 3 is 3.08 bits per heavy atom. The van der Waals surface area contributed by atoms with Crippen LogP contribution in [0.25, 0.3) is 5.65 Å². The van der Waals surface area contributed by atoms with Crippen molar-refractivity contribution in [1.29, 1.82) is 0 Å². The van der Waals surface area contributed by atoms with E-state index >= 15 is 0 Å². The van der Waals surface area contributed by atoms with Crippen LogP contribution in [0, 0.1) is 6.92 Å². The molecule has 0 unspecified atom stereocenters. The molecule has 0 aromatic carbocycles. The van der Waals surface area contributed by atoms with Crippen molar-refractivity contribution >= 4 is 11.5 Å². The number of anilines is 1. The molecule has 0 saturated heterocycles. The number of hydrogen-bond acceptors (Lipinski definition) is 3. The molecule has 2 rings (SSSR count). The third kappa shape index (κ3) is 0.922. The number of aryl methyl sites for hydroxylation is 1. The van der Waals surface area contributed by atoms with Crippen molar-refractivity contribution in [2.45, 2.75) is 6.92 Å². The number of fused-ring (bicyclic) bond motifs is 1. The minimum atomic E-state index is 0.867. The number of nitrogens with one attached hydrogen (secondary N) is 1. The van der Waals surface area contributed by atoms with Crippen LogP contribution in [-0.4, -0.2) is 21.6 Å². The first-order valence-corrected chi connectivity index (χ1v) is 3.80. The number of aromatic nitrogens is 3. The van der Waals surface area contributed by atoms with E-state index in [1.165, 1.54) is 0 Å². The summed E-state index contributed by atoms with van der Waals surface area (Å²) in [6.45, 7) is 1.99. The third-order valence-electron chi connectivity index (χ3n) is 1.80. The second-order valence-corrected chi connectivity index (χ2v) is 2.66. The zero-order valence-electron chi connectivity index (χ0n) is 7.07. The molecule has 2 heterocycles. The number of hydrogen-bond donors (Lipinski definition) is 1. The highest BCUT2D eigenvalue weighted by atomic mass is 15.2. The summed E-state index contributed by atoms with van der Waals surface area (Å²) in [6, 6.07) is 1.89. The summed E-state index contributed by atoms with van der Waals surface area (Å²) in [5, 5.41) is 7.10. The molecule has 12 heavy (non-hydrogen) atoms. The normalized spacial score (nSPS) is 10.5. The van der Waals surface area contributed by atoms with Gasteiger partial charge in [0.05, 0.1) is 6.20 Å². The van der Waals surface area contributed by atoms with Gasteiger partial charge in [0.1, 0.15) is 5.82 Å². The van der Waals surface area contributed by atoms with Crippen LogP contribution in [0.5, 0.6) is 0 Å². The van der Waals surface area contributed by atoms with Gasteiger partial charge < -0.3 is 5.32 Å². The predicted octanol–water partition coefficient (Wildman–Crippen LogP) is 1.08. The van der Waals surface area contributed by atoms with Crippen molar-refractivity contribution in [3.63, 3.8) is 0 Å². The first-order chi connectivity index (χ1) is 5.81. The van der Waals surface area contributed by atoms with Crippen molar-refractivity contribution in [1.82, 2.24) is 14.6 Å². The molecule has 0 atom stereocenters. The predicted molar refractivity (Wildman–Crippen MR) is 47.3 cm³/mol. The standard InChI is InChI=1S/C8H10N4/c1-6-5-10-12-4-3-7(9-2)11-8(6)12/h3-5H,1-2H3,(H,9,11). The molecule has 0 aliphatic carbocycles. The topological polar surface area (TPSA) is 42.2 Å². The lowest BCUT2D eigenvalue weighted by atomic mass is 10.4. The number of rotatable bonds is 1. The van der Waals surface area contributed by atoms with E-state index < -0.39 is 0 Å². The van der Waals surface area contributed by atoms with Crippen LogP contribution in [0.4, 0.5) is 5.82 Å². The summed E-state index contributed by atoms with van der Waals surface area (Å²) < 4.78 is 1.76. The lowest BCUT2D eigenvalue weighted by molar-refractivity contribution is 0.940. The van der Waals surface area contributed by atoms with Crippen LogP contribution in [0.1, 0.15) is 5.56 Å². The van der Waals surface area contributed by atoms with Gasteiger partial charge in [0.25, 0.3) is 0 Å². The molecule has 1 N–H and O–H groups in total. The van der Waals surface area contributed by atoms with Gasteiger partial charge in [-0.15, -0.1) is 0 Å². The zero-order valence-corrected chi connectivity index (χ0v) is 7.07. The van der Waals surface area contributed by atoms with Crippen molar-refractivity contribution in [2.24, 2.45) is 0 Å². The Labute approximate surface area is 70.2 Å². The Morgan fingerprint density at radius 2 is 2.33 bits per heavy atom. The first-order valence-electron chi connectivity index (χ1n) is 3.80. The van der Waals surface area contributed by atoms with Gasteiger partial charge in [0, 0.05) is 18.8 Å². The minimum Gasteiger partial charge on any atom is -0.373 e. The molecular weight excluding hydrogens is 152 g/mol. The first kappa shape index (κ1) is 7.09. The molecule has 0 spiro atoms. The van der Waals surface area contributed by atoms with Gasteiger partial charge in [-0.1, -0.05) is 0 Å². The summed E-state index contributed by atoms with van der Waals surface area (Å²) >= 11 is 0. The molecule has 2 aromatic heterocycles. The Kier molecular flexibility index (Phi) is 1.46. The summed E-state index contributed by atoms with van der Waals surface area (Å²) in [4.78, 5) is 4.34. The van der Waals surface area contributed by atoms with Crippen LogP contribution in [0.3, 0.4) is 0 Å². The fourth-order valence-corrected chi connectivity index (χ4v) is 1.12. The van der Waals surface area contributed by atoms with Gasteiger partial charge in [-0.3, -0.25) is 0 Å². The molecule has 4 heteroatoms. The van der Waals surface area contributed by atoms with Crippen molar-refractivity contribution < 1.29 is 0 Å². The fraction of sp³-hybridized carbons (Fsp3) is 0.250. The van der Waals surface area contributed by atoms with E-state index in [1.807, 2.05) is 32.4 Å².